The molecule has 124 valence electrons. The van der Waals surface area contributed by atoms with Gasteiger partial charge in [-0.1, -0.05) is 6.42 Å². The molecule has 3 saturated heterocycles. The lowest BCUT2D eigenvalue weighted by atomic mass is 10.0. The summed E-state index contributed by atoms with van der Waals surface area (Å²) in [5.74, 6) is 0.331. The number of rotatable bonds is 3. The van der Waals surface area contributed by atoms with Gasteiger partial charge in [0.1, 0.15) is 0 Å². The maximum absolute atomic E-state index is 12.8. The number of nitrogens with zero attached hydrogens (tertiary/aromatic N) is 3. The second kappa shape index (κ2) is 6.99. The van der Waals surface area contributed by atoms with Gasteiger partial charge in [-0.15, -0.1) is 0 Å². The Kier molecular flexibility index (Phi) is 5.01. The predicted octanol–water partition coefficient (Wildman–Crippen LogP) is 1.47. The van der Waals surface area contributed by atoms with Crippen LogP contribution in [0.4, 0.5) is 0 Å². The fraction of sp³-hybridized carbons (Fsp3) is 0.882. The van der Waals surface area contributed by atoms with E-state index in [1.807, 2.05) is 0 Å². The molecule has 0 unspecified atom stereocenters. The molecular weight excluding hydrogens is 278 g/mol. The summed E-state index contributed by atoms with van der Waals surface area (Å²) in [7, 11) is 2.18. The van der Waals surface area contributed by atoms with Gasteiger partial charge in [-0.05, 0) is 52.1 Å². The molecule has 0 bridgehead atoms. The van der Waals surface area contributed by atoms with E-state index >= 15 is 0 Å². The smallest absolute Gasteiger partial charge is 0.242 e. The largest absolute Gasteiger partial charge is 0.337 e. The molecule has 0 aromatic rings. The molecule has 3 heterocycles. The van der Waals surface area contributed by atoms with Crippen molar-refractivity contribution in [2.45, 2.75) is 63.5 Å². The van der Waals surface area contributed by atoms with Gasteiger partial charge in [0.25, 0.3) is 0 Å². The Morgan fingerprint density at radius 3 is 2.55 bits per heavy atom. The van der Waals surface area contributed by atoms with Crippen LogP contribution in [0.2, 0.25) is 0 Å². The Labute approximate surface area is 133 Å². The number of carbonyl (C=O) groups is 2. The molecule has 0 N–H and O–H groups in total. The molecule has 0 aliphatic carbocycles. The normalized spacial score (nSPS) is 30.9. The van der Waals surface area contributed by atoms with Crippen LogP contribution in [0.15, 0.2) is 0 Å². The van der Waals surface area contributed by atoms with Crippen molar-refractivity contribution in [2.24, 2.45) is 0 Å². The highest BCUT2D eigenvalue weighted by molar-refractivity contribution is 5.85. The molecular formula is C17H29N3O2. The van der Waals surface area contributed by atoms with E-state index in [0.29, 0.717) is 25.0 Å². The Bertz CT molecular complexity index is 426. The van der Waals surface area contributed by atoms with Gasteiger partial charge >= 0.3 is 0 Å². The second-order valence-electron chi connectivity index (χ2n) is 7.11. The number of carbonyl (C=O) groups excluding carboxylic acids is 2. The van der Waals surface area contributed by atoms with Crippen LogP contribution < -0.4 is 0 Å². The zero-order chi connectivity index (χ0) is 15.5. The third-order valence-electron chi connectivity index (χ3n) is 5.64. The van der Waals surface area contributed by atoms with Crippen molar-refractivity contribution in [1.29, 1.82) is 0 Å². The number of hydrogen-bond acceptors (Lipinski definition) is 3. The van der Waals surface area contributed by atoms with E-state index in [9.17, 15) is 9.59 Å². The Morgan fingerprint density at radius 2 is 1.77 bits per heavy atom. The molecule has 2 atom stereocenters. The standard InChI is InChI=1S/C17H29N3O2/c1-18-10-5-7-14(18)15-8-6-12-20(15)17(22)13-19-11-4-2-3-9-16(19)21/h14-15H,2-13H2,1H3/t14-,15-/m0/s1. The van der Waals surface area contributed by atoms with Crippen molar-refractivity contribution < 1.29 is 9.59 Å². The predicted molar refractivity (Wildman–Crippen MR) is 85.4 cm³/mol. The van der Waals surface area contributed by atoms with Crippen molar-refractivity contribution in [3.63, 3.8) is 0 Å². The quantitative estimate of drug-likeness (QED) is 0.793. The summed E-state index contributed by atoms with van der Waals surface area (Å²) in [4.78, 5) is 31.1. The molecule has 0 radical (unpaired) electrons. The minimum Gasteiger partial charge on any atom is -0.337 e. The summed E-state index contributed by atoms with van der Waals surface area (Å²) in [6.45, 7) is 3.07. The summed E-state index contributed by atoms with van der Waals surface area (Å²) < 4.78 is 0. The van der Waals surface area contributed by atoms with Crippen molar-refractivity contribution in [2.75, 3.05) is 33.2 Å². The molecule has 2 amide bonds. The van der Waals surface area contributed by atoms with Crippen LogP contribution in [0.1, 0.15) is 51.4 Å². The van der Waals surface area contributed by atoms with Crippen LogP contribution in [-0.2, 0) is 9.59 Å². The Hall–Kier alpha value is -1.10. The first kappa shape index (κ1) is 15.8. The highest BCUT2D eigenvalue weighted by Gasteiger charge is 2.38. The molecule has 3 aliphatic heterocycles. The van der Waals surface area contributed by atoms with Crippen LogP contribution in [0.3, 0.4) is 0 Å². The third-order valence-corrected chi connectivity index (χ3v) is 5.64. The second-order valence-corrected chi connectivity index (χ2v) is 7.11. The van der Waals surface area contributed by atoms with Gasteiger partial charge in [0, 0.05) is 31.6 Å². The van der Waals surface area contributed by atoms with Crippen LogP contribution in [-0.4, -0.2) is 71.8 Å². The third kappa shape index (κ3) is 3.29. The first-order chi connectivity index (χ1) is 10.7. The minimum absolute atomic E-state index is 0.165. The van der Waals surface area contributed by atoms with E-state index in [1.165, 1.54) is 12.8 Å². The highest BCUT2D eigenvalue weighted by Crippen LogP contribution is 2.29. The molecule has 22 heavy (non-hydrogen) atoms. The number of hydrogen-bond donors (Lipinski definition) is 0. The Morgan fingerprint density at radius 1 is 1.00 bits per heavy atom. The van der Waals surface area contributed by atoms with Crippen LogP contribution in [0, 0.1) is 0 Å². The number of likely N-dealkylation sites (tertiary alicyclic amines) is 3. The SMILES string of the molecule is CN1CCC[C@H]1[C@@H]1CCCN1C(=O)CN1CCCCCC1=O. The monoisotopic (exact) mass is 307 g/mol. The van der Waals surface area contributed by atoms with E-state index in [2.05, 4.69) is 16.8 Å². The first-order valence-corrected chi connectivity index (χ1v) is 8.94. The zero-order valence-corrected chi connectivity index (χ0v) is 13.8. The average molecular weight is 307 g/mol. The van der Waals surface area contributed by atoms with Gasteiger partial charge in [-0.2, -0.15) is 0 Å². The summed E-state index contributed by atoms with van der Waals surface area (Å²) >= 11 is 0. The molecule has 0 spiro atoms. The van der Waals surface area contributed by atoms with Gasteiger partial charge in [0.2, 0.25) is 11.8 Å². The van der Waals surface area contributed by atoms with Crippen molar-refractivity contribution >= 4 is 11.8 Å². The highest BCUT2D eigenvalue weighted by atomic mass is 16.2. The van der Waals surface area contributed by atoms with E-state index in [1.54, 1.807) is 4.90 Å². The molecule has 5 nitrogen and oxygen atoms in total. The van der Waals surface area contributed by atoms with Crippen molar-refractivity contribution in [3.05, 3.63) is 0 Å². The zero-order valence-electron chi connectivity index (χ0n) is 13.8. The number of amides is 2. The van der Waals surface area contributed by atoms with Crippen molar-refractivity contribution in [3.8, 4) is 0 Å². The molecule has 0 aromatic carbocycles. The molecule has 3 rings (SSSR count). The van der Waals surface area contributed by atoms with Crippen LogP contribution in [0.25, 0.3) is 0 Å². The molecule has 5 heteroatoms. The summed E-state index contributed by atoms with van der Waals surface area (Å²) in [6, 6.07) is 0.883. The van der Waals surface area contributed by atoms with Gasteiger partial charge in [0.15, 0.2) is 0 Å². The topological polar surface area (TPSA) is 43.9 Å². The fourth-order valence-corrected chi connectivity index (χ4v) is 4.38. The summed E-state index contributed by atoms with van der Waals surface area (Å²) in [5, 5.41) is 0. The van der Waals surface area contributed by atoms with Crippen LogP contribution in [0.5, 0.6) is 0 Å². The fourth-order valence-electron chi connectivity index (χ4n) is 4.38. The van der Waals surface area contributed by atoms with Crippen LogP contribution >= 0.6 is 0 Å². The average Bonchev–Trinajstić information content (AvgIpc) is 3.08. The maximum Gasteiger partial charge on any atom is 0.242 e. The van der Waals surface area contributed by atoms with E-state index < -0.39 is 0 Å². The first-order valence-electron chi connectivity index (χ1n) is 8.94. The van der Waals surface area contributed by atoms with Gasteiger partial charge in [-0.25, -0.2) is 0 Å². The van der Waals surface area contributed by atoms with Crippen molar-refractivity contribution in [1.82, 2.24) is 14.7 Å². The minimum atomic E-state index is 0.165. The summed E-state index contributed by atoms with van der Waals surface area (Å²) in [5.41, 5.74) is 0. The van der Waals surface area contributed by atoms with E-state index in [0.717, 1.165) is 51.7 Å². The van der Waals surface area contributed by atoms with E-state index in [4.69, 9.17) is 0 Å². The molecule has 3 aliphatic rings. The van der Waals surface area contributed by atoms with E-state index in [-0.39, 0.29) is 11.8 Å². The lowest BCUT2D eigenvalue weighted by Crippen LogP contribution is -2.50. The summed E-state index contributed by atoms with van der Waals surface area (Å²) in [6.07, 6.45) is 8.40. The number of likely N-dealkylation sites (N-methyl/N-ethyl adjacent to an activating group) is 1. The maximum atomic E-state index is 12.8. The Balaban J connectivity index is 1.61. The lowest BCUT2D eigenvalue weighted by molar-refractivity contribution is -0.141. The molecule has 0 saturated carbocycles. The van der Waals surface area contributed by atoms with Gasteiger partial charge < -0.3 is 14.7 Å². The van der Waals surface area contributed by atoms with Gasteiger partial charge in [-0.3, -0.25) is 9.59 Å². The molecule has 0 aromatic heterocycles. The van der Waals surface area contributed by atoms with Gasteiger partial charge in [0.05, 0.1) is 6.54 Å². The lowest BCUT2D eigenvalue weighted by Gasteiger charge is -2.34. The molecule has 3 fully saturated rings.